The average Bonchev–Trinajstić information content (AvgIpc) is 2.62. The van der Waals surface area contributed by atoms with Crippen molar-refractivity contribution in [3.63, 3.8) is 0 Å². The van der Waals surface area contributed by atoms with Crippen LogP contribution in [0, 0.1) is 0 Å². The first-order valence-corrected chi connectivity index (χ1v) is 9.68. The van der Waals surface area contributed by atoms with E-state index in [2.05, 4.69) is 53.3 Å². The predicted molar refractivity (Wildman–Crippen MR) is 69.9 cm³/mol. The van der Waals surface area contributed by atoms with Gasteiger partial charge in [-0.1, -0.05) is 40.2 Å². The second-order valence-corrected chi connectivity index (χ2v) is 10.4. The lowest BCUT2D eigenvalue weighted by Gasteiger charge is -2.25. The number of hydrogen-bond acceptors (Lipinski definition) is 1. The molecule has 1 nitrogen and oxygen atoms in total. The van der Waals surface area contributed by atoms with Crippen LogP contribution in [0.5, 0.6) is 0 Å². The Morgan fingerprint density at radius 3 is 2.87 bits per heavy atom. The van der Waals surface area contributed by atoms with Crippen LogP contribution in [-0.4, -0.2) is 13.3 Å². The second-order valence-electron chi connectivity index (χ2n) is 4.74. The molecule has 15 heavy (non-hydrogen) atoms. The fraction of sp³-hybridized carbons (Fsp3) is 0.500. The van der Waals surface area contributed by atoms with Gasteiger partial charge in [0.1, 0.15) is 0 Å². The SMILES string of the molecule is C[Si](C)(CBr)OC1CCc2ccccc21. The molecule has 3 heteroatoms. The highest BCUT2D eigenvalue weighted by Crippen LogP contribution is 2.35. The molecule has 0 aromatic heterocycles. The maximum absolute atomic E-state index is 6.27. The average molecular weight is 285 g/mol. The Hall–Kier alpha value is -0.123. The Balaban J connectivity index is 2.14. The molecule has 0 radical (unpaired) electrons. The third-order valence-corrected chi connectivity index (χ3v) is 8.48. The standard InChI is InChI=1S/C12H17BrOSi/c1-15(2,9-13)14-12-8-7-10-5-3-4-6-11(10)12/h3-6,12H,7-9H2,1-2H3. The number of halogens is 1. The Kier molecular flexibility index (Phi) is 3.33. The summed E-state index contributed by atoms with van der Waals surface area (Å²) in [6.07, 6.45) is 2.68. The molecule has 1 unspecified atom stereocenters. The fourth-order valence-corrected chi connectivity index (χ4v) is 3.53. The zero-order valence-corrected chi connectivity index (χ0v) is 11.9. The molecule has 1 atom stereocenters. The van der Waals surface area contributed by atoms with Gasteiger partial charge >= 0.3 is 0 Å². The van der Waals surface area contributed by atoms with Crippen LogP contribution in [-0.2, 0) is 10.8 Å². The van der Waals surface area contributed by atoms with Crippen LogP contribution in [0.1, 0.15) is 23.7 Å². The molecular weight excluding hydrogens is 268 g/mol. The van der Waals surface area contributed by atoms with Gasteiger partial charge in [-0.2, -0.15) is 0 Å². The molecule has 0 amide bonds. The van der Waals surface area contributed by atoms with Gasteiger partial charge in [-0.15, -0.1) is 0 Å². The third kappa shape index (κ3) is 2.52. The third-order valence-electron chi connectivity index (χ3n) is 2.86. The molecular formula is C12H17BrOSi. The molecule has 1 aliphatic rings. The van der Waals surface area contributed by atoms with E-state index >= 15 is 0 Å². The number of benzene rings is 1. The van der Waals surface area contributed by atoms with E-state index < -0.39 is 8.32 Å². The van der Waals surface area contributed by atoms with E-state index in [0.717, 1.165) is 11.4 Å². The van der Waals surface area contributed by atoms with Crippen molar-refractivity contribution in [1.82, 2.24) is 0 Å². The van der Waals surface area contributed by atoms with Crippen molar-refractivity contribution in [3.05, 3.63) is 35.4 Å². The van der Waals surface area contributed by atoms with E-state index in [9.17, 15) is 0 Å². The molecule has 2 rings (SSSR count). The van der Waals surface area contributed by atoms with Gasteiger partial charge in [0.05, 0.1) is 6.10 Å². The molecule has 1 aromatic carbocycles. The summed E-state index contributed by atoms with van der Waals surface area (Å²) in [6.45, 7) is 4.53. The molecule has 0 fully saturated rings. The highest BCUT2D eigenvalue weighted by molar-refractivity contribution is 9.09. The molecule has 0 aliphatic heterocycles. The van der Waals surface area contributed by atoms with Gasteiger partial charge in [-0.25, -0.2) is 0 Å². The van der Waals surface area contributed by atoms with Gasteiger partial charge in [0.2, 0.25) is 0 Å². The fourth-order valence-electron chi connectivity index (χ4n) is 2.06. The lowest BCUT2D eigenvalue weighted by atomic mass is 10.1. The van der Waals surface area contributed by atoms with Crippen molar-refractivity contribution in [2.45, 2.75) is 32.0 Å². The predicted octanol–water partition coefficient (Wildman–Crippen LogP) is 3.83. The van der Waals surface area contributed by atoms with Crippen LogP contribution in [0.15, 0.2) is 24.3 Å². The van der Waals surface area contributed by atoms with Crippen molar-refractivity contribution < 1.29 is 4.43 Å². The normalized spacial score (nSPS) is 20.3. The molecule has 0 saturated carbocycles. The molecule has 0 heterocycles. The van der Waals surface area contributed by atoms with Crippen LogP contribution >= 0.6 is 15.9 Å². The highest BCUT2D eigenvalue weighted by Gasteiger charge is 2.30. The van der Waals surface area contributed by atoms with Crippen LogP contribution in [0.4, 0.5) is 0 Å². The highest BCUT2D eigenvalue weighted by atomic mass is 79.9. The van der Waals surface area contributed by atoms with Crippen LogP contribution in [0.2, 0.25) is 13.1 Å². The summed E-state index contributed by atoms with van der Waals surface area (Å²) in [4.78, 5) is 1.01. The Bertz CT molecular complexity index is 351. The summed E-state index contributed by atoms with van der Waals surface area (Å²) in [5.74, 6) is 0. The molecule has 1 aliphatic carbocycles. The number of rotatable bonds is 3. The van der Waals surface area contributed by atoms with E-state index in [1.165, 1.54) is 17.5 Å². The van der Waals surface area contributed by atoms with E-state index in [1.54, 1.807) is 0 Å². The number of hydrogen-bond donors (Lipinski definition) is 0. The van der Waals surface area contributed by atoms with E-state index in [-0.39, 0.29) is 0 Å². The zero-order chi connectivity index (χ0) is 10.9. The first kappa shape index (κ1) is 11.4. The Morgan fingerprint density at radius 2 is 2.13 bits per heavy atom. The summed E-state index contributed by atoms with van der Waals surface area (Å²) >= 11 is 3.55. The lowest BCUT2D eigenvalue weighted by Crippen LogP contribution is -2.34. The van der Waals surface area contributed by atoms with Gasteiger partial charge in [0.25, 0.3) is 0 Å². The zero-order valence-electron chi connectivity index (χ0n) is 9.29. The largest absolute Gasteiger partial charge is 0.410 e. The first-order valence-electron chi connectivity index (χ1n) is 5.44. The summed E-state index contributed by atoms with van der Waals surface area (Å²) in [6, 6.07) is 8.67. The molecule has 0 N–H and O–H groups in total. The summed E-state index contributed by atoms with van der Waals surface area (Å²) < 4.78 is 6.27. The van der Waals surface area contributed by atoms with Gasteiger partial charge in [-0.05, 0) is 37.1 Å². The minimum Gasteiger partial charge on any atom is -0.410 e. The maximum atomic E-state index is 6.27. The molecule has 1 aromatic rings. The summed E-state index contributed by atoms with van der Waals surface area (Å²) in [5.41, 5.74) is 2.89. The van der Waals surface area contributed by atoms with Crippen molar-refractivity contribution in [1.29, 1.82) is 0 Å². The minimum atomic E-state index is -1.49. The van der Waals surface area contributed by atoms with E-state index in [0.29, 0.717) is 6.10 Å². The van der Waals surface area contributed by atoms with Crippen LogP contribution < -0.4 is 0 Å². The molecule has 82 valence electrons. The van der Waals surface area contributed by atoms with E-state index in [4.69, 9.17) is 4.43 Å². The second kappa shape index (κ2) is 4.40. The van der Waals surface area contributed by atoms with Gasteiger partial charge in [0, 0.05) is 4.95 Å². The molecule has 0 spiro atoms. The van der Waals surface area contributed by atoms with Crippen molar-refractivity contribution in [2.24, 2.45) is 0 Å². The molecule has 0 bridgehead atoms. The number of fused-ring (bicyclic) bond motifs is 1. The van der Waals surface area contributed by atoms with Crippen molar-refractivity contribution in [3.8, 4) is 0 Å². The summed E-state index contributed by atoms with van der Waals surface area (Å²) in [7, 11) is -1.49. The van der Waals surface area contributed by atoms with Crippen molar-refractivity contribution in [2.75, 3.05) is 4.95 Å². The van der Waals surface area contributed by atoms with Crippen LogP contribution in [0.25, 0.3) is 0 Å². The monoisotopic (exact) mass is 284 g/mol. The topological polar surface area (TPSA) is 9.23 Å². The number of aryl methyl sites for hydroxylation is 1. The number of alkyl halides is 1. The van der Waals surface area contributed by atoms with Gasteiger partial charge in [0.15, 0.2) is 8.32 Å². The smallest absolute Gasteiger partial charge is 0.197 e. The Labute approximate surface area is 101 Å². The van der Waals surface area contributed by atoms with E-state index in [1.807, 2.05) is 0 Å². The van der Waals surface area contributed by atoms with Crippen LogP contribution in [0.3, 0.4) is 0 Å². The minimum absolute atomic E-state index is 0.348. The molecule has 0 saturated heterocycles. The summed E-state index contributed by atoms with van der Waals surface area (Å²) in [5, 5.41) is 0. The van der Waals surface area contributed by atoms with Crippen molar-refractivity contribution >= 4 is 24.2 Å². The van der Waals surface area contributed by atoms with Gasteiger partial charge in [-0.3, -0.25) is 0 Å². The first-order chi connectivity index (χ1) is 7.12. The Morgan fingerprint density at radius 1 is 1.40 bits per heavy atom. The quantitative estimate of drug-likeness (QED) is 0.606. The maximum Gasteiger partial charge on any atom is 0.197 e. The van der Waals surface area contributed by atoms with Gasteiger partial charge < -0.3 is 4.43 Å². The lowest BCUT2D eigenvalue weighted by molar-refractivity contribution is 0.199.